The van der Waals surface area contributed by atoms with Gasteiger partial charge in [0.15, 0.2) is 0 Å². The Hall–Kier alpha value is -0.0105. The van der Waals surface area contributed by atoms with Gasteiger partial charge in [0.05, 0.1) is 0 Å². The van der Waals surface area contributed by atoms with Crippen LogP contribution in [0.2, 0.25) is 0 Å². The van der Waals surface area contributed by atoms with E-state index in [9.17, 15) is 0 Å². The first-order valence-corrected chi connectivity index (χ1v) is 0.928. The van der Waals surface area contributed by atoms with Crippen LogP contribution in [0.5, 0.6) is 0 Å². The molecular formula is C2H4FeO2. The average molecular weight is 116 g/mol. The minimum absolute atomic E-state index is 0. The van der Waals surface area contributed by atoms with E-state index >= 15 is 0 Å². The topological polar surface area (TPSA) is 37.3 Å². The molecular weight excluding hydrogens is 112 g/mol. The molecule has 5 heavy (non-hydrogen) atoms. The summed E-state index contributed by atoms with van der Waals surface area (Å²) in [6.07, 6.45) is 0. The minimum atomic E-state index is -0.833. The van der Waals surface area contributed by atoms with Crippen molar-refractivity contribution >= 4 is 5.97 Å². The molecule has 0 aliphatic carbocycles. The number of aliphatic carboxylic acids is 1. The van der Waals surface area contributed by atoms with Crippen LogP contribution in [0.4, 0.5) is 0 Å². The number of carboxylic acids is 1. The molecule has 0 saturated carbocycles. The fraction of sp³-hybridized carbons (Fsp3) is 0.500. The zero-order valence-electron chi connectivity index (χ0n) is 2.71. The normalized spacial score (nSPS) is 5.00. The Morgan fingerprint density at radius 2 is 1.80 bits per heavy atom. The van der Waals surface area contributed by atoms with Gasteiger partial charge in [0, 0.05) is 24.0 Å². The van der Waals surface area contributed by atoms with Gasteiger partial charge in [-0.15, -0.1) is 0 Å². The molecule has 0 aliphatic heterocycles. The van der Waals surface area contributed by atoms with E-state index in [1.54, 1.807) is 0 Å². The van der Waals surface area contributed by atoms with Crippen LogP contribution in [0, 0.1) is 0 Å². The molecule has 0 aliphatic rings. The van der Waals surface area contributed by atoms with Gasteiger partial charge in [-0.1, -0.05) is 0 Å². The molecule has 0 atom stereocenters. The zero-order chi connectivity index (χ0) is 3.58. The Morgan fingerprint density at radius 1 is 1.80 bits per heavy atom. The Morgan fingerprint density at radius 3 is 1.80 bits per heavy atom. The van der Waals surface area contributed by atoms with Crippen LogP contribution < -0.4 is 0 Å². The molecule has 1 N–H and O–H groups in total. The molecule has 0 amide bonds. The number of rotatable bonds is 0. The van der Waals surface area contributed by atoms with Crippen LogP contribution in [0.3, 0.4) is 0 Å². The van der Waals surface area contributed by atoms with Gasteiger partial charge in [0.25, 0.3) is 5.97 Å². The Kier molecular flexibility index (Phi) is 7.09. The summed E-state index contributed by atoms with van der Waals surface area (Å²) >= 11 is 0. The van der Waals surface area contributed by atoms with Gasteiger partial charge in [0.2, 0.25) is 0 Å². The standard InChI is InChI=1S/C2H4O2.Fe/c1-2(3)4;/h1H3,(H,3,4);. The number of carboxylic acid groups (broad SMARTS) is 1. The summed E-state index contributed by atoms with van der Waals surface area (Å²) in [5, 5.41) is 7.42. The largest absolute Gasteiger partial charge is 0.481 e. The molecule has 0 radical (unpaired) electrons. The molecule has 0 aromatic rings. The van der Waals surface area contributed by atoms with E-state index in [2.05, 4.69) is 0 Å². The van der Waals surface area contributed by atoms with Crippen molar-refractivity contribution in [1.29, 1.82) is 0 Å². The van der Waals surface area contributed by atoms with Crippen molar-refractivity contribution in [2.75, 3.05) is 0 Å². The SMILES string of the molecule is CC(=O)O.[Fe]. The van der Waals surface area contributed by atoms with Gasteiger partial charge >= 0.3 is 0 Å². The predicted octanol–water partition coefficient (Wildman–Crippen LogP) is 0.0884. The van der Waals surface area contributed by atoms with Crippen LogP contribution in [0.25, 0.3) is 0 Å². The molecule has 0 unspecified atom stereocenters. The summed E-state index contributed by atoms with van der Waals surface area (Å²) < 4.78 is 0. The molecule has 0 saturated heterocycles. The maximum absolute atomic E-state index is 9.00. The molecule has 0 heterocycles. The summed E-state index contributed by atoms with van der Waals surface area (Å²) in [7, 11) is 0. The first-order valence-electron chi connectivity index (χ1n) is 0.928. The van der Waals surface area contributed by atoms with Gasteiger partial charge < -0.3 is 5.11 Å². The first-order chi connectivity index (χ1) is 1.73. The van der Waals surface area contributed by atoms with Crippen LogP contribution in [0.1, 0.15) is 6.92 Å². The van der Waals surface area contributed by atoms with Crippen LogP contribution in [-0.2, 0) is 21.9 Å². The molecule has 32 valence electrons. The molecule has 0 aromatic heterocycles. The molecule has 3 heteroatoms. The molecule has 2 nitrogen and oxygen atoms in total. The third-order valence-electron chi connectivity index (χ3n) is 0. The summed E-state index contributed by atoms with van der Waals surface area (Å²) in [6, 6.07) is 0. The van der Waals surface area contributed by atoms with Crippen molar-refractivity contribution < 1.29 is 27.0 Å². The maximum Gasteiger partial charge on any atom is 0.300 e. The average Bonchev–Trinajstić information content (AvgIpc) is 0.811. The smallest absolute Gasteiger partial charge is 0.300 e. The second-order valence-electron chi connectivity index (χ2n) is 0.519. The van der Waals surface area contributed by atoms with Crippen molar-refractivity contribution in [2.45, 2.75) is 6.92 Å². The van der Waals surface area contributed by atoms with E-state index in [1.165, 1.54) is 0 Å². The molecule has 0 rings (SSSR count). The third-order valence-corrected chi connectivity index (χ3v) is 0. The van der Waals surface area contributed by atoms with Gasteiger partial charge in [-0.25, -0.2) is 0 Å². The summed E-state index contributed by atoms with van der Waals surface area (Å²) in [5.41, 5.74) is 0. The van der Waals surface area contributed by atoms with E-state index in [1.807, 2.05) is 0 Å². The number of carbonyl (C=O) groups is 1. The second kappa shape index (κ2) is 3.99. The zero-order valence-corrected chi connectivity index (χ0v) is 3.81. The van der Waals surface area contributed by atoms with E-state index < -0.39 is 5.97 Å². The van der Waals surface area contributed by atoms with Gasteiger partial charge in [-0.3, -0.25) is 4.79 Å². The minimum Gasteiger partial charge on any atom is -0.481 e. The quantitative estimate of drug-likeness (QED) is 0.455. The van der Waals surface area contributed by atoms with E-state index in [0.717, 1.165) is 6.92 Å². The number of hydrogen-bond donors (Lipinski definition) is 1. The molecule has 0 bridgehead atoms. The molecule has 0 spiro atoms. The van der Waals surface area contributed by atoms with Crippen molar-refractivity contribution in [3.8, 4) is 0 Å². The van der Waals surface area contributed by atoms with Crippen LogP contribution in [0.15, 0.2) is 0 Å². The molecule has 0 aromatic carbocycles. The van der Waals surface area contributed by atoms with E-state index in [-0.39, 0.29) is 17.1 Å². The Bertz CT molecular complexity index is 30.6. The maximum atomic E-state index is 9.00. The van der Waals surface area contributed by atoms with Crippen molar-refractivity contribution in [3.63, 3.8) is 0 Å². The fourth-order valence-electron chi connectivity index (χ4n) is 0. The van der Waals surface area contributed by atoms with Crippen molar-refractivity contribution in [1.82, 2.24) is 0 Å². The van der Waals surface area contributed by atoms with Gasteiger partial charge in [0.1, 0.15) is 0 Å². The first kappa shape index (κ1) is 8.89. The van der Waals surface area contributed by atoms with Crippen LogP contribution >= 0.6 is 0 Å². The monoisotopic (exact) mass is 116 g/mol. The van der Waals surface area contributed by atoms with Gasteiger partial charge in [-0.05, 0) is 0 Å². The van der Waals surface area contributed by atoms with E-state index in [4.69, 9.17) is 9.90 Å². The predicted molar refractivity (Wildman–Crippen MR) is 13.3 cm³/mol. The second-order valence-corrected chi connectivity index (χ2v) is 0.519. The van der Waals surface area contributed by atoms with Gasteiger partial charge in [-0.2, -0.15) is 0 Å². The molecule has 0 fully saturated rings. The van der Waals surface area contributed by atoms with Crippen molar-refractivity contribution in [3.05, 3.63) is 0 Å². The Balaban J connectivity index is 0. The summed E-state index contributed by atoms with van der Waals surface area (Å²) in [5.74, 6) is -0.833. The number of hydrogen-bond acceptors (Lipinski definition) is 1. The third kappa shape index (κ3) is 143000. The summed E-state index contributed by atoms with van der Waals surface area (Å²) in [4.78, 5) is 9.00. The van der Waals surface area contributed by atoms with E-state index in [0.29, 0.717) is 0 Å². The Labute approximate surface area is 40.7 Å². The van der Waals surface area contributed by atoms with Crippen LogP contribution in [-0.4, -0.2) is 11.1 Å². The summed E-state index contributed by atoms with van der Waals surface area (Å²) in [6.45, 7) is 1.08. The fourth-order valence-corrected chi connectivity index (χ4v) is 0. The van der Waals surface area contributed by atoms with Crippen molar-refractivity contribution in [2.24, 2.45) is 0 Å².